The van der Waals surface area contributed by atoms with Crippen LogP contribution in [0, 0.1) is 0 Å². The molecular weight excluding hydrogens is 376 g/mol. The molecule has 5 nitrogen and oxygen atoms in total. The molecule has 0 N–H and O–H groups in total. The van der Waals surface area contributed by atoms with Gasteiger partial charge >= 0.3 is 0 Å². The van der Waals surface area contributed by atoms with Crippen LogP contribution in [-0.4, -0.2) is 55.1 Å². The van der Waals surface area contributed by atoms with Crippen LogP contribution in [0.4, 0.5) is 0 Å². The van der Waals surface area contributed by atoms with Gasteiger partial charge in [-0.05, 0) is 30.5 Å². The van der Waals surface area contributed by atoms with Crippen molar-refractivity contribution >= 4 is 5.91 Å². The Morgan fingerprint density at radius 1 is 0.833 bits per heavy atom. The van der Waals surface area contributed by atoms with Crippen LogP contribution in [0.1, 0.15) is 77.7 Å². The molecule has 1 aliphatic heterocycles. The molecule has 1 aromatic rings. The SMILES string of the molecule is CCCCCCOc1ccc(CN2CCN(C(C)=O)CC2)cc1OCCCCCC. The molecule has 0 saturated carbocycles. The Kier molecular flexibility index (Phi) is 11.7. The lowest BCUT2D eigenvalue weighted by Crippen LogP contribution is -2.47. The maximum absolute atomic E-state index is 11.5. The van der Waals surface area contributed by atoms with Crippen molar-refractivity contribution in [2.24, 2.45) is 0 Å². The lowest BCUT2D eigenvalue weighted by atomic mass is 10.1. The summed E-state index contributed by atoms with van der Waals surface area (Å²) in [6, 6.07) is 6.38. The quantitative estimate of drug-likeness (QED) is 0.386. The molecule has 0 atom stereocenters. The number of nitrogens with zero attached hydrogens (tertiary/aromatic N) is 2. The zero-order valence-corrected chi connectivity index (χ0v) is 19.5. The van der Waals surface area contributed by atoms with Gasteiger partial charge in [-0.25, -0.2) is 0 Å². The van der Waals surface area contributed by atoms with Crippen LogP contribution in [0.2, 0.25) is 0 Å². The zero-order valence-electron chi connectivity index (χ0n) is 19.5. The standard InChI is InChI=1S/C25H42N2O3/c1-4-6-8-10-18-29-24-13-12-23(20-25(24)30-19-11-9-7-5-2)21-26-14-16-27(17-15-26)22(3)28/h12-13,20H,4-11,14-19,21H2,1-3H3. The van der Waals surface area contributed by atoms with Crippen molar-refractivity contribution in [1.82, 2.24) is 9.80 Å². The van der Waals surface area contributed by atoms with E-state index in [0.717, 1.165) is 70.3 Å². The summed E-state index contributed by atoms with van der Waals surface area (Å²) in [4.78, 5) is 15.9. The molecule has 1 aromatic carbocycles. The zero-order chi connectivity index (χ0) is 21.6. The van der Waals surface area contributed by atoms with Crippen LogP contribution in [0.15, 0.2) is 18.2 Å². The van der Waals surface area contributed by atoms with Gasteiger partial charge in [0.05, 0.1) is 13.2 Å². The van der Waals surface area contributed by atoms with Gasteiger partial charge in [0.1, 0.15) is 0 Å². The molecule has 30 heavy (non-hydrogen) atoms. The first-order chi connectivity index (χ1) is 14.6. The summed E-state index contributed by atoms with van der Waals surface area (Å²) in [6.45, 7) is 11.9. The molecular formula is C25H42N2O3. The van der Waals surface area contributed by atoms with Gasteiger partial charge in [-0.2, -0.15) is 0 Å². The highest BCUT2D eigenvalue weighted by atomic mass is 16.5. The summed E-state index contributed by atoms with van der Waals surface area (Å²) in [5, 5.41) is 0. The van der Waals surface area contributed by atoms with E-state index in [1.165, 1.54) is 44.1 Å². The summed E-state index contributed by atoms with van der Waals surface area (Å²) >= 11 is 0. The molecule has 5 heteroatoms. The first kappa shape index (κ1) is 24.5. The molecule has 1 aliphatic rings. The third-order valence-corrected chi connectivity index (χ3v) is 5.74. The second-order valence-corrected chi connectivity index (χ2v) is 8.38. The molecule has 0 unspecified atom stereocenters. The molecule has 1 amide bonds. The largest absolute Gasteiger partial charge is 0.490 e. The van der Waals surface area contributed by atoms with E-state index in [9.17, 15) is 4.79 Å². The van der Waals surface area contributed by atoms with E-state index in [0.29, 0.717) is 0 Å². The van der Waals surface area contributed by atoms with Crippen LogP contribution in [0.25, 0.3) is 0 Å². The van der Waals surface area contributed by atoms with E-state index in [2.05, 4.69) is 36.9 Å². The third-order valence-electron chi connectivity index (χ3n) is 5.74. The topological polar surface area (TPSA) is 42.0 Å². The molecule has 1 saturated heterocycles. The normalized spacial score (nSPS) is 14.7. The first-order valence-corrected chi connectivity index (χ1v) is 12.0. The lowest BCUT2D eigenvalue weighted by Gasteiger charge is -2.34. The molecule has 0 radical (unpaired) electrons. The van der Waals surface area contributed by atoms with Crippen molar-refractivity contribution < 1.29 is 14.3 Å². The summed E-state index contributed by atoms with van der Waals surface area (Å²) in [7, 11) is 0. The second kappa shape index (κ2) is 14.3. The summed E-state index contributed by atoms with van der Waals surface area (Å²) in [6.07, 6.45) is 9.60. The van der Waals surface area contributed by atoms with E-state index in [1.807, 2.05) is 4.90 Å². The van der Waals surface area contributed by atoms with Gasteiger partial charge in [0, 0.05) is 39.6 Å². The Bertz CT molecular complexity index is 612. The molecule has 1 fully saturated rings. The number of rotatable bonds is 14. The number of hydrogen-bond acceptors (Lipinski definition) is 4. The van der Waals surface area contributed by atoms with Gasteiger partial charge in [0.2, 0.25) is 5.91 Å². The average Bonchev–Trinajstić information content (AvgIpc) is 2.75. The van der Waals surface area contributed by atoms with Crippen molar-refractivity contribution in [2.75, 3.05) is 39.4 Å². The number of carbonyl (C=O) groups excluding carboxylic acids is 1. The van der Waals surface area contributed by atoms with E-state index in [1.54, 1.807) is 6.92 Å². The monoisotopic (exact) mass is 418 g/mol. The fourth-order valence-electron chi connectivity index (χ4n) is 3.78. The van der Waals surface area contributed by atoms with E-state index < -0.39 is 0 Å². The maximum atomic E-state index is 11.5. The number of ether oxygens (including phenoxy) is 2. The Balaban J connectivity index is 1.92. The number of amides is 1. The Morgan fingerprint density at radius 3 is 2.00 bits per heavy atom. The number of hydrogen-bond donors (Lipinski definition) is 0. The molecule has 0 aromatic heterocycles. The van der Waals surface area contributed by atoms with Gasteiger partial charge in [0.15, 0.2) is 11.5 Å². The van der Waals surface area contributed by atoms with Gasteiger partial charge in [-0.3, -0.25) is 9.69 Å². The highest BCUT2D eigenvalue weighted by Crippen LogP contribution is 2.30. The number of benzene rings is 1. The lowest BCUT2D eigenvalue weighted by molar-refractivity contribution is -0.130. The smallest absolute Gasteiger partial charge is 0.219 e. The molecule has 0 aliphatic carbocycles. The minimum atomic E-state index is 0.175. The summed E-state index contributed by atoms with van der Waals surface area (Å²) in [5.41, 5.74) is 1.24. The van der Waals surface area contributed by atoms with E-state index in [4.69, 9.17) is 9.47 Å². The molecule has 0 bridgehead atoms. The number of carbonyl (C=O) groups is 1. The van der Waals surface area contributed by atoms with Crippen molar-refractivity contribution in [1.29, 1.82) is 0 Å². The van der Waals surface area contributed by atoms with Crippen LogP contribution in [0.3, 0.4) is 0 Å². The van der Waals surface area contributed by atoms with E-state index in [-0.39, 0.29) is 5.91 Å². The average molecular weight is 419 g/mol. The molecule has 2 rings (SSSR count). The predicted octanol–water partition coefficient (Wildman–Crippen LogP) is 5.27. The minimum absolute atomic E-state index is 0.175. The minimum Gasteiger partial charge on any atom is -0.490 e. The Labute approximate surface area is 183 Å². The van der Waals surface area contributed by atoms with Crippen LogP contribution < -0.4 is 9.47 Å². The highest BCUT2D eigenvalue weighted by Gasteiger charge is 2.19. The fourth-order valence-corrected chi connectivity index (χ4v) is 3.78. The van der Waals surface area contributed by atoms with Crippen LogP contribution >= 0.6 is 0 Å². The van der Waals surface area contributed by atoms with Crippen molar-refractivity contribution in [3.8, 4) is 11.5 Å². The van der Waals surface area contributed by atoms with Crippen molar-refractivity contribution in [3.63, 3.8) is 0 Å². The van der Waals surface area contributed by atoms with Crippen LogP contribution in [-0.2, 0) is 11.3 Å². The number of unbranched alkanes of at least 4 members (excludes halogenated alkanes) is 6. The summed E-state index contributed by atoms with van der Waals surface area (Å²) in [5.74, 6) is 1.92. The first-order valence-electron chi connectivity index (χ1n) is 12.0. The van der Waals surface area contributed by atoms with Crippen molar-refractivity contribution in [3.05, 3.63) is 23.8 Å². The van der Waals surface area contributed by atoms with Gasteiger partial charge in [-0.15, -0.1) is 0 Å². The van der Waals surface area contributed by atoms with Gasteiger partial charge < -0.3 is 14.4 Å². The maximum Gasteiger partial charge on any atom is 0.219 e. The Morgan fingerprint density at radius 2 is 1.43 bits per heavy atom. The molecule has 0 spiro atoms. The van der Waals surface area contributed by atoms with Gasteiger partial charge in [-0.1, -0.05) is 58.4 Å². The Hall–Kier alpha value is -1.75. The van der Waals surface area contributed by atoms with E-state index >= 15 is 0 Å². The summed E-state index contributed by atoms with van der Waals surface area (Å²) < 4.78 is 12.2. The third kappa shape index (κ3) is 8.95. The molecule has 1 heterocycles. The van der Waals surface area contributed by atoms with Gasteiger partial charge in [0.25, 0.3) is 0 Å². The van der Waals surface area contributed by atoms with Crippen LogP contribution in [0.5, 0.6) is 11.5 Å². The molecule has 170 valence electrons. The predicted molar refractivity (Wildman–Crippen MR) is 123 cm³/mol. The highest BCUT2D eigenvalue weighted by molar-refractivity contribution is 5.73. The fraction of sp³-hybridized carbons (Fsp3) is 0.720. The number of piperazine rings is 1. The second-order valence-electron chi connectivity index (χ2n) is 8.38. The van der Waals surface area contributed by atoms with Crippen molar-refractivity contribution in [2.45, 2.75) is 78.7 Å².